The van der Waals surface area contributed by atoms with Crippen molar-refractivity contribution in [2.45, 2.75) is 6.92 Å². The number of allylic oxidation sites excluding steroid dienone is 1. The average Bonchev–Trinajstić information content (AvgIpc) is 2.30. The summed E-state index contributed by atoms with van der Waals surface area (Å²) >= 11 is 0. The van der Waals surface area contributed by atoms with Crippen LogP contribution in [-0.4, -0.2) is 11.0 Å². The summed E-state index contributed by atoms with van der Waals surface area (Å²) < 4.78 is 10.2. The van der Waals surface area contributed by atoms with Crippen molar-refractivity contribution >= 4 is 6.09 Å². The number of nitrogens with zero attached hydrogens (tertiary/aromatic N) is 1. The van der Waals surface area contributed by atoms with Crippen LogP contribution in [0.4, 0.5) is 4.79 Å². The van der Waals surface area contributed by atoms with Gasteiger partial charge in [0, 0.05) is 0 Å². The Balaban J connectivity index is 2.04. The van der Waals surface area contributed by atoms with Crippen molar-refractivity contribution in [3.05, 3.63) is 54.8 Å². The first-order chi connectivity index (χ1) is 7.75. The molecule has 1 aliphatic heterocycles. The van der Waals surface area contributed by atoms with Crippen LogP contribution in [0.1, 0.15) is 6.92 Å². The van der Waals surface area contributed by atoms with E-state index in [2.05, 4.69) is 0 Å². The molecule has 4 nitrogen and oxygen atoms in total. The van der Waals surface area contributed by atoms with Crippen LogP contribution >= 0.6 is 0 Å². The molecule has 0 aliphatic carbocycles. The Labute approximate surface area is 93.4 Å². The van der Waals surface area contributed by atoms with E-state index in [0.717, 1.165) is 0 Å². The van der Waals surface area contributed by atoms with Crippen molar-refractivity contribution in [1.82, 2.24) is 4.90 Å². The Kier molecular flexibility index (Phi) is 2.91. The number of benzene rings is 1. The zero-order chi connectivity index (χ0) is 11.4. The summed E-state index contributed by atoms with van der Waals surface area (Å²) in [6.45, 7) is 1.76. The molecule has 0 unspecified atom stereocenters. The second-order valence-corrected chi connectivity index (χ2v) is 3.23. The fourth-order valence-corrected chi connectivity index (χ4v) is 1.23. The average molecular weight is 217 g/mol. The van der Waals surface area contributed by atoms with Gasteiger partial charge >= 0.3 is 6.09 Å². The number of para-hydroxylation sites is 1. The van der Waals surface area contributed by atoms with Gasteiger partial charge in [0.05, 0.1) is 12.4 Å². The molecule has 1 aromatic carbocycles. The van der Waals surface area contributed by atoms with Crippen LogP contribution in [-0.2, 0) is 4.74 Å². The minimum absolute atomic E-state index is 0.468. The number of carbonyl (C=O) groups excluding carboxylic acids is 1. The molecule has 1 amide bonds. The Hall–Kier alpha value is -2.23. The topological polar surface area (TPSA) is 38.8 Å². The lowest BCUT2D eigenvalue weighted by atomic mass is 10.3. The van der Waals surface area contributed by atoms with Gasteiger partial charge in [-0.3, -0.25) is 4.90 Å². The predicted molar refractivity (Wildman–Crippen MR) is 58.3 cm³/mol. The third-order valence-electron chi connectivity index (χ3n) is 1.96. The smallest absolute Gasteiger partial charge is 0.423 e. The number of hydrogen-bond acceptors (Lipinski definition) is 3. The standard InChI is InChI=1S/C12H11NO3/c1-10-9-13(7-8-15-10)12(14)16-11-5-3-2-4-6-11/h2-9H,1H3. The molecule has 0 saturated heterocycles. The van der Waals surface area contributed by atoms with Gasteiger partial charge in [-0.05, 0) is 19.1 Å². The van der Waals surface area contributed by atoms with Crippen LogP contribution in [0.15, 0.2) is 54.8 Å². The molecule has 2 rings (SSSR count). The maximum Gasteiger partial charge on any atom is 0.423 e. The molecule has 82 valence electrons. The Morgan fingerprint density at radius 3 is 2.75 bits per heavy atom. The fraction of sp³-hybridized carbons (Fsp3) is 0.0833. The molecular formula is C12H11NO3. The third-order valence-corrected chi connectivity index (χ3v) is 1.96. The highest BCUT2D eigenvalue weighted by atomic mass is 16.6. The van der Waals surface area contributed by atoms with Crippen molar-refractivity contribution in [2.24, 2.45) is 0 Å². The van der Waals surface area contributed by atoms with Gasteiger partial charge in [0.15, 0.2) is 0 Å². The van der Waals surface area contributed by atoms with Crippen molar-refractivity contribution < 1.29 is 14.3 Å². The Morgan fingerprint density at radius 2 is 2.06 bits per heavy atom. The van der Waals surface area contributed by atoms with Crippen LogP contribution in [0.25, 0.3) is 0 Å². The van der Waals surface area contributed by atoms with Gasteiger partial charge in [-0.2, -0.15) is 0 Å². The first-order valence-corrected chi connectivity index (χ1v) is 4.82. The molecule has 0 saturated carbocycles. The zero-order valence-electron chi connectivity index (χ0n) is 8.79. The SMILES string of the molecule is CC1=CN(C(=O)Oc2ccccc2)C=CO1. The van der Waals surface area contributed by atoms with E-state index in [1.165, 1.54) is 17.4 Å². The lowest BCUT2D eigenvalue weighted by Gasteiger charge is -2.17. The first kappa shape index (κ1) is 10.3. The van der Waals surface area contributed by atoms with Crippen molar-refractivity contribution in [1.29, 1.82) is 0 Å². The lowest BCUT2D eigenvalue weighted by molar-refractivity contribution is 0.176. The van der Waals surface area contributed by atoms with Gasteiger partial charge in [0.25, 0.3) is 0 Å². The molecule has 1 aromatic rings. The molecule has 1 heterocycles. The van der Waals surface area contributed by atoms with Crippen molar-refractivity contribution in [3.63, 3.8) is 0 Å². The number of rotatable bonds is 1. The Morgan fingerprint density at radius 1 is 1.31 bits per heavy atom. The van der Waals surface area contributed by atoms with Crippen LogP contribution in [0.3, 0.4) is 0 Å². The van der Waals surface area contributed by atoms with Gasteiger partial charge in [-0.25, -0.2) is 4.79 Å². The maximum atomic E-state index is 11.7. The summed E-state index contributed by atoms with van der Waals surface area (Å²) in [7, 11) is 0. The molecule has 4 heteroatoms. The van der Waals surface area contributed by atoms with E-state index in [1.807, 2.05) is 6.07 Å². The van der Waals surface area contributed by atoms with Crippen LogP contribution in [0, 0.1) is 0 Å². The summed E-state index contributed by atoms with van der Waals surface area (Å²) in [5, 5.41) is 0. The summed E-state index contributed by atoms with van der Waals surface area (Å²) in [5.41, 5.74) is 0. The lowest BCUT2D eigenvalue weighted by Crippen LogP contribution is -2.25. The molecule has 1 aliphatic rings. The molecule has 0 atom stereocenters. The second kappa shape index (κ2) is 4.53. The van der Waals surface area contributed by atoms with Gasteiger partial charge in [0.2, 0.25) is 0 Å². The van der Waals surface area contributed by atoms with E-state index in [1.54, 1.807) is 37.4 Å². The summed E-state index contributed by atoms with van der Waals surface area (Å²) in [6.07, 6.45) is 4.02. The molecule has 0 radical (unpaired) electrons. The third kappa shape index (κ3) is 2.42. The van der Waals surface area contributed by atoms with E-state index in [4.69, 9.17) is 9.47 Å². The van der Waals surface area contributed by atoms with Crippen LogP contribution in [0.2, 0.25) is 0 Å². The second-order valence-electron chi connectivity index (χ2n) is 3.23. The van der Waals surface area contributed by atoms with Gasteiger partial charge in [0.1, 0.15) is 17.8 Å². The normalized spacial score (nSPS) is 14.1. The highest BCUT2D eigenvalue weighted by molar-refractivity contribution is 5.73. The van der Waals surface area contributed by atoms with E-state index in [0.29, 0.717) is 11.5 Å². The van der Waals surface area contributed by atoms with Crippen molar-refractivity contribution in [3.8, 4) is 5.75 Å². The summed E-state index contributed by atoms with van der Waals surface area (Å²) in [5.74, 6) is 1.14. The zero-order valence-corrected chi connectivity index (χ0v) is 8.79. The van der Waals surface area contributed by atoms with E-state index in [-0.39, 0.29) is 0 Å². The van der Waals surface area contributed by atoms with Gasteiger partial charge < -0.3 is 9.47 Å². The quantitative estimate of drug-likeness (QED) is 0.726. The number of carbonyl (C=O) groups is 1. The number of ether oxygens (including phenoxy) is 2. The minimum atomic E-state index is -0.468. The molecule has 16 heavy (non-hydrogen) atoms. The monoisotopic (exact) mass is 217 g/mol. The van der Waals surface area contributed by atoms with Crippen molar-refractivity contribution in [2.75, 3.05) is 0 Å². The van der Waals surface area contributed by atoms with Crippen LogP contribution < -0.4 is 4.74 Å². The highest BCUT2D eigenvalue weighted by Crippen LogP contribution is 2.13. The molecule has 0 spiro atoms. The van der Waals surface area contributed by atoms with E-state index in [9.17, 15) is 4.79 Å². The van der Waals surface area contributed by atoms with Gasteiger partial charge in [-0.1, -0.05) is 18.2 Å². The minimum Gasteiger partial charge on any atom is -0.467 e. The molecule has 0 fully saturated rings. The number of amides is 1. The van der Waals surface area contributed by atoms with E-state index < -0.39 is 6.09 Å². The molecular weight excluding hydrogens is 206 g/mol. The number of hydrogen-bond donors (Lipinski definition) is 0. The molecule has 0 bridgehead atoms. The Bertz CT molecular complexity index is 437. The fourth-order valence-electron chi connectivity index (χ4n) is 1.23. The molecule has 0 N–H and O–H groups in total. The van der Waals surface area contributed by atoms with E-state index >= 15 is 0 Å². The summed E-state index contributed by atoms with van der Waals surface area (Å²) in [6, 6.07) is 8.91. The summed E-state index contributed by atoms with van der Waals surface area (Å²) in [4.78, 5) is 13.0. The highest BCUT2D eigenvalue weighted by Gasteiger charge is 2.14. The van der Waals surface area contributed by atoms with Crippen LogP contribution in [0.5, 0.6) is 5.75 Å². The maximum absolute atomic E-state index is 11.7. The first-order valence-electron chi connectivity index (χ1n) is 4.82. The molecule has 0 aromatic heterocycles. The predicted octanol–water partition coefficient (Wildman–Crippen LogP) is 2.85. The van der Waals surface area contributed by atoms with Gasteiger partial charge in [-0.15, -0.1) is 0 Å². The largest absolute Gasteiger partial charge is 0.467 e.